The van der Waals surface area contributed by atoms with Gasteiger partial charge in [0.1, 0.15) is 0 Å². The van der Waals surface area contributed by atoms with E-state index in [-0.39, 0.29) is 11.2 Å². The van der Waals surface area contributed by atoms with Crippen molar-refractivity contribution in [3.8, 4) is 0 Å². The first kappa shape index (κ1) is 23.5. The van der Waals surface area contributed by atoms with Gasteiger partial charge in [-0.05, 0) is 109 Å². The summed E-state index contributed by atoms with van der Waals surface area (Å²) in [7, 11) is 0. The fraction of sp³-hybridized carbons (Fsp3) is 0.897. The summed E-state index contributed by atoms with van der Waals surface area (Å²) in [5.41, 5.74) is 1.57. The molecule has 3 saturated carbocycles. The Kier molecular flexibility index (Phi) is 6.54. The molecule has 0 amide bonds. The van der Waals surface area contributed by atoms with Crippen LogP contribution < -0.4 is 0 Å². The number of aliphatic hydroxyl groups excluding tert-OH is 1. The summed E-state index contributed by atoms with van der Waals surface area (Å²) in [6, 6.07) is 0. The Labute approximate surface area is 191 Å². The second-order valence-electron chi connectivity index (χ2n) is 12.8. The fourth-order valence-corrected chi connectivity index (χ4v) is 9.27. The molecule has 31 heavy (non-hydrogen) atoms. The lowest BCUT2D eigenvalue weighted by molar-refractivity contribution is -0.119. The summed E-state index contributed by atoms with van der Waals surface area (Å²) in [4.78, 5) is 12.1. The summed E-state index contributed by atoms with van der Waals surface area (Å²) >= 11 is 0. The SMILES string of the molecule is CC[C@H](CC[C@@H](C)C1CC[C@H]2[C@@H]3CC(O)C4=CC(=O)CC[C@]4(C)[C@H]3CC[C@]12C)C(C)C. The van der Waals surface area contributed by atoms with Gasteiger partial charge in [0.05, 0.1) is 6.10 Å². The zero-order chi connectivity index (χ0) is 22.6. The Balaban J connectivity index is 1.51. The lowest BCUT2D eigenvalue weighted by Gasteiger charge is -2.59. The molecular formula is C29H48O2. The van der Waals surface area contributed by atoms with Crippen LogP contribution in [-0.2, 0) is 4.79 Å². The van der Waals surface area contributed by atoms with Gasteiger partial charge < -0.3 is 5.11 Å². The standard InChI is InChI=1S/C29H48O2/c1-7-20(18(2)3)9-8-19(4)23-10-11-24-22-17-27(31)26-16-21(30)12-14-29(26,6)25(22)13-15-28(23,24)5/h16,18-20,22-25,27,31H,7-15,17H2,1-6H3/t19-,20-,22+,23?,24+,25+,27?,28-,29-/m1/s1. The van der Waals surface area contributed by atoms with Crippen molar-refractivity contribution in [2.24, 2.45) is 52.3 Å². The molecule has 0 spiro atoms. The highest BCUT2D eigenvalue weighted by Crippen LogP contribution is 2.67. The van der Waals surface area contributed by atoms with Gasteiger partial charge in [-0.1, -0.05) is 54.4 Å². The molecule has 4 aliphatic carbocycles. The number of aliphatic hydroxyl groups is 1. The maximum atomic E-state index is 12.1. The van der Waals surface area contributed by atoms with Crippen molar-refractivity contribution in [3.63, 3.8) is 0 Å². The lowest BCUT2D eigenvalue weighted by atomic mass is 9.46. The topological polar surface area (TPSA) is 37.3 Å². The quantitative estimate of drug-likeness (QED) is 0.485. The predicted molar refractivity (Wildman–Crippen MR) is 129 cm³/mol. The first-order valence-corrected chi connectivity index (χ1v) is 13.5. The summed E-state index contributed by atoms with van der Waals surface area (Å²) < 4.78 is 0. The van der Waals surface area contributed by atoms with Crippen LogP contribution in [0.1, 0.15) is 106 Å². The number of carbonyl (C=O) groups is 1. The molecule has 2 nitrogen and oxygen atoms in total. The predicted octanol–water partition coefficient (Wildman–Crippen LogP) is 7.20. The van der Waals surface area contributed by atoms with Crippen molar-refractivity contribution in [1.29, 1.82) is 0 Å². The maximum absolute atomic E-state index is 12.1. The maximum Gasteiger partial charge on any atom is 0.155 e. The summed E-state index contributed by atoms with van der Waals surface area (Å²) in [6.45, 7) is 14.7. The highest BCUT2D eigenvalue weighted by molar-refractivity contribution is 5.91. The van der Waals surface area contributed by atoms with Gasteiger partial charge in [0.25, 0.3) is 0 Å². The zero-order valence-electron chi connectivity index (χ0n) is 21.1. The van der Waals surface area contributed by atoms with Gasteiger partial charge >= 0.3 is 0 Å². The Hall–Kier alpha value is -0.630. The molecule has 0 bridgehead atoms. The first-order valence-electron chi connectivity index (χ1n) is 13.5. The van der Waals surface area contributed by atoms with E-state index in [4.69, 9.17) is 0 Å². The minimum absolute atomic E-state index is 0.0485. The second kappa shape index (κ2) is 8.62. The molecule has 4 rings (SSSR count). The van der Waals surface area contributed by atoms with Gasteiger partial charge in [-0.25, -0.2) is 0 Å². The first-order chi connectivity index (χ1) is 14.6. The summed E-state index contributed by atoms with van der Waals surface area (Å²) in [6.07, 6.45) is 13.4. The van der Waals surface area contributed by atoms with Crippen molar-refractivity contribution >= 4 is 5.78 Å². The van der Waals surface area contributed by atoms with Crippen LogP contribution >= 0.6 is 0 Å². The van der Waals surface area contributed by atoms with Crippen molar-refractivity contribution in [2.45, 2.75) is 112 Å². The van der Waals surface area contributed by atoms with Crippen LogP contribution in [0.5, 0.6) is 0 Å². The lowest BCUT2D eigenvalue weighted by Crippen LogP contribution is -2.54. The molecule has 0 saturated heterocycles. The minimum atomic E-state index is -0.398. The molecule has 0 radical (unpaired) electrons. The van der Waals surface area contributed by atoms with E-state index in [1.54, 1.807) is 0 Å². The molecule has 2 unspecified atom stereocenters. The van der Waals surface area contributed by atoms with Gasteiger partial charge in [-0.15, -0.1) is 0 Å². The van der Waals surface area contributed by atoms with Crippen molar-refractivity contribution in [1.82, 2.24) is 0 Å². The third-order valence-corrected chi connectivity index (χ3v) is 11.2. The van der Waals surface area contributed by atoms with Gasteiger partial charge in [-0.2, -0.15) is 0 Å². The molecule has 3 fully saturated rings. The van der Waals surface area contributed by atoms with E-state index in [0.29, 0.717) is 23.7 Å². The van der Waals surface area contributed by atoms with E-state index in [9.17, 15) is 9.90 Å². The second-order valence-corrected chi connectivity index (χ2v) is 12.8. The monoisotopic (exact) mass is 428 g/mol. The normalized spacial score (nSPS) is 44.3. The van der Waals surface area contributed by atoms with E-state index in [1.165, 1.54) is 44.9 Å². The van der Waals surface area contributed by atoms with Crippen molar-refractivity contribution in [2.75, 3.05) is 0 Å². The van der Waals surface area contributed by atoms with Gasteiger partial charge in [0, 0.05) is 6.42 Å². The molecule has 0 aromatic heterocycles. The number of rotatable bonds is 6. The van der Waals surface area contributed by atoms with E-state index < -0.39 is 6.10 Å². The summed E-state index contributed by atoms with van der Waals surface area (Å²) in [5.74, 6) is 5.62. The number of carbonyl (C=O) groups excluding carboxylic acids is 1. The molecule has 0 aliphatic heterocycles. The third-order valence-electron chi connectivity index (χ3n) is 11.2. The van der Waals surface area contributed by atoms with Crippen LogP contribution in [0.4, 0.5) is 0 Å². The average Bonchev–Trinajstić information content (AvgIpc) is 3.07. The molecule has 0 aromatic rings. The number of hydrogen-bond acceptors (Lipinski definition) is 2. The Morgan fingerprint density at radius 2 is 1.81 bits per heavy atom. The highest BCUT2D eigenvalue weighted by atomic mass is 16.3. The highest BCUT2D eigenvalue weighted by Gasteiger charge is 2.60. The molecule has 1 N–H and O–H groups in total. The fourth-order valence-electron chi connectivity index (χ4n) is 9.27. The molecule has 4 aliphatic rings. The van der Waals surface area contributed by atoms with Crippen LogP contribution in [-0.4, -0.2) is 17.0 Å². The van der Waals surface area contributed by atoms with Crippen LogP contribution in [0.2, 0.25) is 0 Å². The average molecular weight is 429 g/mol. The zero-order valence-corrected chi connectivity index (χ0v) is 21.1. The minimum Gasteiger partial charge on any atom is -0.389 e. The van der Waals surface area contributed by atoms with Crippen LogP contribution in [0.25, 0.3) is 0 Å². The largest absolute Gasteiger partial charge is 0.389 e. The van der Waals surface area contributed by atoms with Crippen molar-refractivity contribution in [3.05, 3.63) is 11.6 Å². The molecule has 9 atom stereocenters. The molecule has 176 valence electrons. The summed E-state index contributed by atoms with van der Waals surface area (Å²) in [5, 5.41) is 11.1. The van der Waals surface area contributed by atoms with E-state index in [2.05, 4.69) is 41.5 Å². The number of fused-ring (bicyclic) bond motifs is 5. The molecule has 2 heteroatoms. The van der Waals surface area contributed by atoms with Gasteiger partial charge in [-0.3, -0.25) is 4.79 Å². The molecular weight excluding hydrogens is 380 g/mol. The smallest absolute Gasteiger partial charge is 0.155 e. The molecule has 0 aromatic carbocycles. The van der Waals surface area contributed by atoms with E-state index in [1.807, 2.05) is 6.08 Å². The van der Waals surface area contributed by atoms with Crippen LogP contribution in [0.15, 0.2) is 11.6 Å². The van der Waals surface area contributed by atoms with Crippen LogP contribution in [0.3, 0.4) is 0 Å². The van der Waals surface area contributed by atoms with Crippen LogP contribution in [0, 0.1) is 52.3 Å². The van der Waals surface area contributed by atoms with Gasteiger partial charge in [0.2, 0.25) is 0 Å². The number of hydrogen-bond donors (Lipinski definition) is 1. The molecule has 0 heterocycles. The Bertz CT molecular complexity index is 708. The Morgan fingerprint density at radius 1 is 1.06 bits per heavy atom. The van der Waals surface area contributed by atoms with Gasteiger partial charge in [0.15, 0.2) is 5.78 Å². The third kappa shape index (κ3) is 3.87. The van der Waals surface area contributed by atoms with E-state index in [0.717, 1.165) is 48.0 Å². The van der Waals surface area contributed by atoms with Crippen molar-refractivity contribution < 1.29 is 9.90 Å². The Morgan fingerprint density at radius 3 is 2.48 bits per heavy atom. The number of ketones is 1. The van der Waals surface area contributed by atoms with E-state index >= 15 is 0 Å².